The topological polar surface area (TPSA) is 92.7 Å². The van der Waals surface area contributed by atoms with E-state index in [9.17, 15) is 9.59 Å². The highest BCUT2D eigenvalue weighted by atomic mass is 16.5. The summed E-state index contributed by atoms with van der Waals surface area (Å²) in [6.45, 7) is 4.69. The third-order valence-electron chi connectivity index (χ3n) is 5.88. The summed E-state index contributed by atoms with van der Waals surface area (Å²) >= 11 is 0. The van der Waals surface area contributed by atoms with Crippen molar-refractivity contribution < 1.29 is 14.3 Å². The molecular formula is C19H23N5O4. The number of para-hydroxylation sites is 1. The van der Waals surface area contributed by atoms with Crippen LogP contribution in [0.3, 0.4) is 0 Å². The molecule has 9 heteroatoms. The molecule has 3 aliphatic heterocycles. The third kappa shape index (κ3) is 2.91. The first-order chi connectivity index (χ1) is 13.7. The van der Waals surface area contributed by atoms with Crippen LogP contribution in [0.4, 0.5) is 5.69 Å². The number of aromatic amines is 1. The zero-order chi connectivity index (χ0) is 19.1. The highest BCUT2D eigenvalue weighted by molar-refractivity contribution is 6.00. The highest BCUT2D eigenvalue weighted by Gasteiger charge is 2.45. The maximum absolute atomic E-state index is 13.3. The van der Waals surface area contributed by atoms with Crippen LogP contribution >= 0.6 is 0 Å². The predicted octanol–water partition coefficient (Wildman–Crippen LogP) is 0.223. The van der Waals surface area contributed by atoms with Crippen LogP contribution in [0.15, 0.2) is 29.1 Å². The van der Waals surface area contributed by atoms with E-state index >= 15 is 0 Å². The number of hydrogen-bond donors (Lipinski definition) is 1. The van der Waals surface area contributed by atoms with Crippen LogP contribution in [0.25, 0.3) is 0 Å². The van der Waals surface area contributed by atoms with Crippen molar-refractivity contribution in [3.63, 3.8) is 0 Å². The molecule has 28 heavy (non-hydrogen) atoms. The lowest BCUT2D eigenvalue weighted by atomic mass is 10.0. The number of carbonyl (C=O) groups excluding carboxylic acids is 1. The third-order valence-corrected chi connectivity index (χ3v) is 5.88. The Morgan fingerprint density at radius 1 is 1.14 bits per heavy atom. The Morgan fingerprint density at radius 3 is 2.82 bits per heavy atom. The first kappa shape index (κ1) is 17.4. The van der Waals surface area contributed by atoms with Gasteiger partial charge in [-0.05, 0) is 18.6 Å². The number of carbonyl (C=O) groups is 1. The number of nitrogens with one attached hydrogen (secondary N) is 1. The summed E-state index contributed by atoms with van der Waals surface area (Å²) in [5.41, 5.74) is 0.915. The van der Waals surface area contributed by atoms with Gasteiger partial charge in [-0.15, -0.1) is 0 Å². The first-order valence-electron chi connectivity index (χ1n) is 9.64. The SMILES string of the molecule is O=C(c1ccccc1N1CCOCC1)N1CCC2(C1)Cn1c(n[nH]c1=O)CO2. The number of ether oxygens (including phenoxy) is 2. The van der Waals surface area contributed by atoms with Crippen molar-refractivity contribution in [2.45, 2.75) is 25.2 Å². The van der Waals surface area contributed by atoms with Crippen molar-refractivity contribution in [1.29, 1.82) is 0 Å². The molecule has 1 N–H and O–H groups in total. The Morgan fingerprint density at radius 2 is 1.96 bits per heavy atom. The molecule has 1 unspecified atom stereocenters. The van der Waals surface area contributed by atoms with Crippen LogP contribution in [0.5, 0.6) is 0 Å². The lowest BCUT2D eigenvalue weighted by Crippen LogP contribution is -2.47. The number of benzene rings is 1. The minimum atomic E-state index is -0.524. The molecule has 2 saturated heterocycles. The second-order valence-corrected chi connectivity index (χ2v) is 7.60. The summed E-state index contributed by atoms with van der Waals surface area (Å²) in [6, 6.07) is 7.75. The van der Waals surface area contributed by atoms with Crippen molar-refractivity contribution in [3.05, 3.63) is 46.1 Å². The predicted molar refractivity (Wildman–Crippen MR) is 100 cm³/mol. The molecule has 1 spiro atoms. The number of rotatable bonds is 2. The number of likely N-dealkylation sites (tertiary alicyclic amines) is 1. The van der Waals surface area contributed by atoms with E-state index in [-0.39, 0.29) is 18.2 Å². The van der Waals surface area contributed by atoms with Gasteiger partial charge in [0.1, 0.15) is 12.2 Å². The molecule has 9 nitrogen and oxygen atoms in total. The normalized spacial score (nSPS) is 24.6. The molecular weight excluding hydrogens is 362 g/mol. The van der Waals surface area contributed by atoms with Crippen LogP contribution in [-0.2, 0) is 22.6 Å². The number of amides is 1. The first-order valence-corrected chi connectivity index (χ1v) is 9.64. The van der Waals surface area contributed by atoms with Crippen LogP contribution in [0.1, 0.15) is 22.6 Å². The molecule has 2 fully saturated rings. The molecule has 148 valence electrons. The van der Waals surface area contributed by atoms with Gasteiger partial charge in [-0.1, -0.05) is 12.1 Å². The highest BCUT2D eigenvalue weighted by Crippen LogP contribution is 2.33. The Kier molecular flexibility index (Phi) is 4.21. The van der Waals surface area contributed by atoms with Gasteiger partial charge < -0.3 is 19.3 Å². The Labute approximate surface area is 161 Å². The fraction of sp³-hybridized carbons (Fsp3) is 0.526. The van der Waals surface area contributed by atoms with Gasteiger partial charge in [0.2, 0.25) is 0 Å². The Balaban J connectivity index is 1.36. The summed E-state index contributed by atoms with van der Waals surface area (Å²) in [6.07, 6.45) is 0.704. The molecule has 3 aliphatic rings. The number of H-pyrrole nitrogens is 1. The average molecular weight is 385 g/mol. The molecule has 1 aromatic carbocycles. The molecule has 0 bridgehead atoms. The summed E-state index contributed by atoms with van der Waals surface area (Å²) in [5, 5.41) is 6.45. The van der Waals surface area contributed by atoms with E-state index in [4.69, 9.17) is 9.47 Å². The quantitative estimate of drug-likeness (QED) is 0.795. The lowest BCUT2D eigenvalue weighted by molar-refractivity contribution is -0.0816. The molecule has 4 heterocycles. The number of aromatic nitrogens is 3. The molecule has 0 aliphatic carbocycles. The smallest absolute Gasteiger partial charge is 0.343 e. The van der Waals surface area contributed by atoms with Gasteiger partial charge in [-0.2, -0.15) is 5.10 Å². The van der Waals surface area contributed by atoms with Crippen LogP contribution < -0.4 is 10.6 Å². The molecule has 1 aromatic heterocycles. The Bertz CT molecular complexity index is 948. The molecule has 0 radical (unpaired) electrons. The van der Waals surface area contributed by atoms with E-state index in [1.807, 2.05) is 29.2 Å². The van der Waals surface area contributed by atoms with Gasteiger partial charge in [0.25, 0.3) is 5.91 Å². The minimum absolute atomic E-state index is 0.00732. The van der Waals surface area contributed by atoms with Crippen LogP contribution in [-0.4, -0.2) is 70.6 Å². The van der Waals surface area contributed by atoms with Crippen molar-refractivity contribution in [3.8, 4) is 0 Å². The second-order valence-electron chi connectivity index (χ2n) is 7.60. The number of nitrogens with zero attached hydrogens (tertiary/aromatic N) is 4. The van der Waals surface area contributed by atoms with Gasteiger partial charge in [0.05, 0.1) is 31.9 Å². The van der Waals surface area contributed by atoms with Crippen molar-refractivity contribution in [2.24, 2.45) is 0 Å². The molecule has 5 rings (SSSR count). The molecule has 2 aromatic rings. The number of morpholine rings is 1. The molecule has 1 amide bonds. The van der Waals surface area contributed by atoms with E-state index in [1.54, 1.807) is 4.57 Å². The molecule has 1 atom stereocenters. The standard InChI is InChI=1S/C19H23N5O4/c25-17(14-3-1-2-4-15(14)22-7-9-27-10-8-22)23-6-5-19(12-23)13-24-16(11-28-19)20-21-18(24)26/h1-4H,5-13H2,(H,21,26). The second kappa shape index (κ2) is 6.75. The van der Waals surface area contributed by atoms with Gasteiger partial charge in [-0.3, -0.25) is 9.36 Å². The zero-order valence-corrected chi connectivity index (χ0v) is 15.6. The summed E-state index contributed by atoms with van der Waals surface area (Å²) in [7, 11) is 0. The van der Waals surface area contributed by atoms with Crippen LogP contribution in [0.2, 0.25) is 0 Å². The van der Waals surface area contributed by atoms with E-state index in [1.165, 1.54) is 0 Å². The summed E-state index contributed by atoms with van der Waals surface area (Å²) in [4.78, 5) is 29.3. The summed E-state index contributed by atoms with van der Waals surface area (Å²) in [5.74, 6) is 0.617. The molecule has 0 saturated carbocycles. The Hall–Kier alpha value is -2.65. The van der Waals surface area contributed by atoms with Crippen molar-refractivity contribution in [2.75, 3.05) is 44.3 Å². The average Bonchev–Trinajstić information content (AvgIpc) is 3.32. The number of hydrogen-bond acceptors (Lipinski definition) is 6. The maximum atomic E-state index is 13.3. The zero-order valence-electron chi connectivity index (χ0n) is 15.6. The monoisotopic (exact) mass is 385 g/mol. The minimum Gasteiger partial charge on any atom is -0.378 e. The number of anilines is 1. The van der Waals surface area contributed by atoms with Gasteiger partial charge in [0, 0.05) is 25.3 Å². The van der Waals surface area contributed by atoms with Gasteiger partial charge in [-0.25, -0.2) is 9.89 Å². The van der Waals surface area contributed by atoms with E-state index < -0.39 is 5.60 Å². The van der Waals surface area contributed by atoms with Gasteiger partial charge >= 0.3 is 5.69 Å². The lowest BCUT2D eigenvalue weighted by Gasteiger charge is -2.34. The summed E-state index contributed by atoms with van der Waals surface area (Å²) < 4.78 is 13.1. The van der Waals surface area contributed by atoms with Crippen molar-refractivity contribution >= 4 is 11.6 Å². The van der Waals surface area contributed by atoms with Crippen LogP contribution in [0, 0.1) is 0 Å². The van der Waals surface area contributed by atoms with Crippen molar-refractivity contribution in [1.82, 2.24) is 19.7 Å². The van der Waals surface area contributed by atoms with Gasteiger partial charge in [0.15, 0.2) is 5.82 Å². The van der Waals surface area contributed by atoms with E-state index in [0.717, 1.165) is 18.8 Å². The van der Waals surface area contributed by atoms with E-state index in [0.29, 0.717) is 50.7 Å². The fourth-order valence-corrected chi connectivity index (χ4v) is 4.34. The van der Waals surface area contributed by atoms with E-state index in [2.05, 4.69) is 15.1 Å². The maximum Gasteiger partial charge on any atom is 0.343 e. The largest absolute Gasteiger partial charge is 0.378 e. The fourth-order valence-electron chi connectivity index (χ4n) is 4.34. The number of fused-ring (bicyclic) bond motifs is 1.